The number of nitrogens with zero attached hydrogens (tertiary/aromatic N) is 2. The first-order valence-corrected chi connectivity index (χ1v) is 21.0. The maximum absolute atomic E-state index is 14.1. The van der Waals surface area contributed by atoms with Gasteiger partial charge in [0, 0.05) is 31.5 Å². The molecule has 0 bridgehead atoms. The zero-order valence-electron chi connectivity index (χ0n) is 34.5. The zero-order chi connectivity index (χ0) is 38.5. The number of Topliss-reactive ketones (excluding diaryl/α,β-unsaturated/α-hetero) is 1. The van der Waals surface area contributed by atoms with Crippen LogP contribution in [0.3, 0.4) is 0 Å². The number of likely N-dealkylation sites (N-methyl/N-ethyl adjacent to an activating group) is 1. The lowest BCUT2D eigenvalue weighted by Crippen LogP contribution is -2.60. The van der Waals surface area contributed by atoms with Crippen LogP contribution < -0.4 is 0 Å². The lowest BCUT2D eigenvalue weighted by atomic mass is 9.38. The van der Waals surface area contributed by atoms with Crippen LogP contribution in [0.25, 0.3) is 0 Å². The van der Waals surface area contributed by atoms with Crippen molar-refractivity contribution in [2.75, 3.05) is 33.7 Å². The van der Waals surface area contributed by atoms with E-state index in [2.05, 4.69) is 88.8 Å². The predicted molar refractivity (Wildman–Crippen MR) is 211 cm³/mol. The minimum Gasteiger partial charge on any atom is -0.481 e. The van der Waals surface area contributed by atoms with Crippen molar-refractivity contribution in [1.82, 2.24) is 9.80 Å². The number of allylic oxidation sites excluding steroid dienone is 2. The number of benzene rings is 1. The van der Waals surface area contributed by atoms with Crippen LogP contribution in [-0.2, 0) is 25.7 Å². The second kappa shape index (κ2) is 15.2. The van der Waals surface area contributed by atoms with Crippen molar-refractivity contribution in [2.24, 2.45) is 57.2 Å². The van der Waals surface area contributed by atoms with Crippen LogP contribution in [0, 0.1) is 57.2 Å². The van der Waals surface area contributed by atoms with Gasteiger partial charge in [0.15, 0.2) is 5.78 Å². The fourth-order valence-electron chi connectivity index (χ4n) is 13.0. The third-order valence-electron chi connectivity index (χ3n) is 15.7. The Morgan fingerprint density at radius 1 is 0.925 bits per heavy atom. The lowest BCUT2D eigenvalue weighted by molar-refractivity contribution is -0.192. The van der Waals surface area contributed by atoms with Crippen LogP contribution in [-0.4, -0.2) is 72.5 Å². The van der Waals surface area contributed by atoms with Crippen LogP contribution in [0.4, 0.5) is 0 Å². The van der Waals surface area contributed by atoms with Gasteiger partial charge >= 0.3 is 11.9 Å². The Kier molecular flexibility index (Phi) is 11.5. The maximum Gasteiger partial charge on any atom is 0.309 e. The summed E-state index contributed by atoms with van der Waals surface area (Å²) in [5.41, 5.74) is 3.39. The number of fused-ring (bicyclic) bond motifs is 7. The maximum atomic E-state index is 14.1. The predicted octanol–water partition coefficient (Wildman–Crippen LogP) is 9.05. The van der Waals surface area contributed by atoms with Gasteiger partial charge in [-0.05, 0) is 150 Å². The zero-order valence-corrected chi connectivity index (χ0v) is 34.5. The Balaban J connectivity index is 1.21. The minimum absolute atomic E-state index is 0.0130. The number of esters is 1. The van der Waals surface area contributed by atoms with E-state index in [1.807, 2.05) is 0 Å². The fourth-order valence-corrected chi connectivity index (χ4v) is 13.0. The molecule has 0 aromatic heterocycles. The second-order valence-electron chi connectivity index (χ2n) is 20.0. The Morgan fingerprint density at radius 3 is 2.25 bits per heavy atom. The topological polar surface area (TPSA) is 87.2 Å². The van der Waals surface area contributed by atoms with Gasteiger partial charge in [-0.2, -0.15) is 0 Å². The molecule has 0 aliphatic heterocycles. The van der Waals surface area contributed by atoms with Crippen LogP contribution in [0.1, 0.15) is 125 Å². The van der Waals surface area contributed by atoms with Gasteiger partial charge in [0.1, 0.15) is 6.10 Å². The van der Waals surface area contributed by atoms with Crippen LogP contribution in [0.2, 0.25) is 0 Å². The molecule has 9 atom stereocenters. The Labute approximate surface area is 320 Å². The molecule has 7 heteroatoms. The molecule has 0 amide bonds. The van der Waals surface area contributed by atoms with Crippen molar-refractivity contribution < 1.29 is 24.2 Å². The van der Waals surface area contributed by atoms with Gasteiger partial charge in [-0.1, -0.05) is 70.5 Å². The lowest BCUT2D eigenvalue weighted by Gasteiger charge is -2.67. The molecule has 1 aromatic rings. The molecular formula is C46H70N2O5. The molecule has 6 rings (SSSR count). The number of aliphatic carboxylic acids is 1. The third-order valence-corrected chi connectivity index (χ3v) is 15.7. The molecule has 0 spiro atoms. The molecule has 0 saturated heterocycles. The van der Waals surface area contributed by atoms with Gasteiger partial charge < -0.3 is 14.7 Å². The summed E-state index contributed by atoms with van der Waals surface area (Å²) in [6.07, 6.45) is 10.5. The molecule has 9 unspecified atom stereocenters. The highest BCUT2D eigenvalue weighted by atomic mass is 16.5. The summed E-state index contributed by atoms with van der Waals surface area (Å²) in [5.74, 6) is 1.76. The first kappa shape index (κ1) is 40.2. The Morgan fingerprint density at radius 2 is 1.58 bits per heavy atom. The van der Waals surface area contributed by atoms with Crippen molar-refractivity contribution in [2.45, 2.75) is 132 Å². The smallest absolute Gasteiger partial charge is 0.309 e. The molecule has 1 aromatic carbocycles. The average molecular weight is 731 g/mol. The second-order valence-corrected chi connectivity index (χ2v) is 20.0. The molecule has 0 heterocycles. The standard InChI is InChI=1S/C46H70N2O5/c1-30(2)40-36(49)27-46(23-24-48(26-25-47(8)9)29-32-13-11-10-12-14-32)22-18-35-33(41(40)46)15-16-38-44(6)21-19-37(31(3)34(44)17-20-45(35,38)7)53-39(50)28-43(4,5)42(51)52/h10-14,30-31,33-35,37-38H,15-29H2,1-9H3,(H,51,52). The van der Waals surface area contributed by atoms with Crippen molar-refractivity contribution in [3.63, 3.8) is 0 Å². The van der Waals surface area contributed by atoms with Crippen molar-refractivity contribution in [1.29, 1.82) is 0 Å². The Bertz CT molecular complexity index is 1550. The number of ketones is 1. The molecule has 294 valence electrons. The first-order chi connectivity index (χ1) is 24.9. The molecule has 4 fully saturated rings. The number of carbonyl (C=O) groups is 3. The number of carboxylic acid groups (broad SMARTS) is 1. The number of carbonyl (C=O) groups excluding carboxylic acids is 2. The van der Waals surface area contributed by atoms with E-state index in [0.717, 1.165) is 58.3 Å². The average Bonchev–Trinajstić information content (AvgIpc) is 3.40. The Hall–Kier alpha value is -2.51. The van der Waals surface area contributed by atoms with Gasteiger partial charge in [-0.3, -0.25) is 19.3 Å². The number of hydrogen-bond acceptors (Lipinski definition) is 6. The fraction of sp³-hybridized carbons (Fsp3) is 0.761. The van der Waals surface area contributed by atoms with Crippen LogP contribution >= 0.6 is 0 Å². The van der Waals surface area contributed by atoms with E-state index in [4.69, 9.17) is 4.74 Å². The van der Waals surface area contributed by atoms with Gasteiger partial charge in [-0.25, -0.2) is 0 Å². The van der Waals surface area contributed by atoms with Gasteiger partial charge in [0.2, 0.25) is 0 Å². The molecule has 53 heavy (non-hydrogen) atoms. The molecular weight excluding hydrogens is 661 g/mol. The molecule has 4 saturated carbocycles. The summed E-state index contributed by atoms with van der Waals surface area (Å²) < 4.78 is 6.09. The van der Waals surface area contributed by atoms with E-state index >= 15 is 0 Å². The monoisotopic (exact) mass is 731 g/mol. The number of hydrogen-bond donors (Lipinski definition) is 1. The highest BCUT2D eigenvalue weighted by Crippen LogP contribution is 2.72. The minimum atomic E-state index is -1.13. The van der Waals surface area contributed by atoms with E-state index in [1.54, 1.807) is 19.4 Å². The molecule has 5 aliphatic rings. The number of rotatable bonds is 13. The van der Waals surface area contributed by atoms with Crippen molar-refractivity contribution in [3.05, 3.63) is 47.0 Å². The van der Waals surface area contributed by atoms with Crippen LogP contribution in [0.5, 0.6) is 0 Å². The summed E-state index contributed by atoms with van der Waals surface area (Å²) in [5, 5.41) is 9.58. The highest BCUT2D eigenvalue weighted by molar-refractivity contribution is 6.00. The van der Waals surface area contributed by atoms with E-state index in [0.29, 0.717) is 35.9 Å². The summed E-state index contributed by atoms with van der Waals surface area (Å²) in [7, 11) is 4.31. The van der Waals surface area contributed by atoms with E-state index in [-0.39, 0.29) is 46.6 Å². The summed E-state index contributed by atoms with van der Waals surface area (Å²) in [6.45, 7) is 19.2. The molecule has 7 nitrogen and oxygen atoms in total. The summed E-state index contributed by atoms with van der Waals surface area (Å²) in [4.78, 5) is 43.7. The number of ether oxygens (including phenoxy) is 1. The third kappa shape index (κ3) is 7.56. The van der Waals surface area contributed by atoms with Crippen LogP contribution in [0.15, 0.2) is 41.5 Å². The van der Waals surface area contributed by atoms with Gasteiger partial charge in [0.05, 0.1) is 11.8 Å². The summed E-state index contributed by atoms with van der Waals surface area (Å²) >= 11 is 0. The van der Waals surface area contributed by atoms with E-state index in [9.17, 15) is 19.5 Å². The van der Waals surface area contributed by atoms with Gasteiger partial charge in [-0.15, -0.1) is 0 Å². The normalized spacial score (nSPS) is 35.6. The van der Waals surface area contributed by atoms with E-state index < -0.39 is 11.4 Å². The van der Waals surface area contributed by atoms with Crippen molar-refractivity contribution >= 4 is 17.7 Å². The molecule has 5 aliphatic carbocycles. The quantitative estimate of drug-likeness (QED) is 0.203. The van der Waals surface area contributed by atoms with Gasteiger partial charge in [0.25, 0.3) is 0 Å². The van der Waals surface area contributed by atoms with E-state index in [1.165, 1.54) is 36.8 Å². The van der Waals surface area contributed by atoms with Crippen molar-refractivity contribution in [3.8, 4) is 0 Å². The highest BCUT2D eigenvalue weighted by Gasteiger charge is 2.65. The molecule has 1 N–H and O–H groups in total. The number of carboxylic acids is 1. The first-order valence-electron chi connectivity index (χ1n) is 21.0. The summed E-state index contributed by atoms with van der Waals surface area (Å²) in [6, 6.07) is 10.9. The SMILES string of the molecule is CC(C)C1=C2C3CCC4C(C)(CCC5C(C)C(OC(=O)CC(C)(C)C(=O)O)CCC54C)C3CCC2(CCN(CCN(C)C)Cc2ccccc2)CC1=O. The molecule has 0 radical (unpaired) electrons. The largest absolute Gasteiger partial charge is 0.481 e.